The fourth-order valence-electron chi connectivity index (χ4n) is 2.57. The SMILES string of the molecule is CCC(=O)NCCCCCO[C@@H]1O[C@H](CO)[C@H](O)[C@H](O)[C@H]1NC(C)=O. The number of amides is 2. The minimum absolute atomic E-state index is 0.0209. The zero-order valence-corrected chi connectivity index (χ0v) is 14.8. The fraction of sp³-hybridized carbons (Fsp3) is 0.875. The highest BCUT2D eigenvalue weighted by molar-refractivity contribution is 5.75. The summed E-state index contributed by atoms with van der Waals surface area (Å²) in [6.45, 7) is 3.55. The number of nitrogens with one attached hydrogen (secondary N) is 2. The molecule has 9 heteroatoms. The molecule has 0 unspecified atom stereocenters. The van der Waals surface area contributed by atoms with Crippen molar-refractivity contribution in [1.82, 2.24) is 10.6 Å². The molecule has 0 aromatic carbocycles. The van der Waals surface area contributed by atoms with Gasteiger partial charge >= 0.3 is 0 Å². The van der Waals surface area contributed by atoms with Crippen LogP contribution in [0.5, 0.6) is 0 Å². The molecule has 1 fully saturated rings. The molecule has 5 atom stereocenters. The van der Waals surface area contributed by atoms with Crippen molar-refractivity contribution in [2.75, 3.05) is 19.8 Å². The molecular weight excluding hydrogens is 332 g/mol. The summed E-state index contributed by atoms with van der Waals surface area (Å²) in [5, 5.41) is 34.5. The van der Waals surface area contributed by atoms with Crippen molar-refractivity contribution in [2.24, 2.45) is 0 Å². The molecule has 146 valence electrons. The van der Waals surface area contributed by atoms with Crippen LogP contribution in [0.15, 0.2) is 0 Å². The first-order valence-corrected chi connectivity index (χ1v) is 8.68. The van der Waals surface area contributed by atoms with Crippen LogP contribution >= 0.6 is 0 Å². The van der Waals surface area contributed by atoms with Gasteiger partial charge in [-0.1, -0.05) is 6.92 Å². The Bertz CT molecular complexity index is 421. The van der Waals surface area contributed by atoms with E-state index in [1.165, 1.54) is 6.92 Å². The maximum atomic E-state index is 11.3. The lowest BCUT2D eigenvalue weighted by Gasteiger charge is -2.42. The van der Waals surface area contributed by atoms with E-state index in [0.717, 1.165) is 12.8 Å². The highest BCUT2D eigenvalue weighted by Crippen LogP contribution is 2.22. The molecule has 1 rings (SSSR count). The first kappa shape index (κ1) is 21.8. The molecule has 0 aromatic rings. The van der Waals surface area contributed by atoms with Crippen LogP contribution in [-0.2, 0) is 19.1 Å². The Kier molecular flexibility index (Phi) is 9.91. The van der Waals surface area contributed by atoms with Gasteiger partial charge in [-0.3, -0.25) is 9.59 Å². The Morgan fingerprint density at radius 1 is 1.16 bits per heavy atom. The molecule has 1 aliphatic rings. The van der Waals surface area contributed by atoms with Gasteiger partial charge in [-0.15, -0.1) is 0 Å². The summed E-state index contributed by atoms with van der Waals surface area (Å²) in [4.78, 5) is 22.4. The molecule has 1 aliphatic heterocycles. The summed E-state index contributed by atoms with van der Waals surface area (Å²) in [6.07, 6.45) is -1.74. The molecule has 0 radical (unpaired) electrons. The van der Waals surface area contributed by atoms with Gasteiger partial charge in [0.15, 0.2) is 6.29 Å². The summed E-state index contributed by atoms with van der Waals surface area (Å²) < 4.78 is 11.0. The molecule has 0 spiro atoms. The average Bonchev–Trinajstić information content (AvgIpc) is 2.59. The van der Waals surface area contributed by atoms with E-state index < -0.39 is 37.3 Å². The Morgan fingerprint density at radius 2 is 1.88 bits per heavy atom. The van der Waals surface area contributed by atoms with Gasteiger partial charge < -0.3 is 35.4 Å². The minimum atomic E-state index is -1.32. The predicted molar refractivity (Wildman–Crippen MR) is 88.5 cm³/mol. The van der Waals surface area contributed by atoms with Crippen LogP contribution in [0.3, 0.4) is 0 Å². The molecule has 0 aliphatic carbocycles. The molecule has 25 heavy (non-hydrogen) atoms. The van der Waals surface area contributed by atoms with Gasteiger partial charge in [0.1, 0.15) is 24.4 Å². The average molecular weight is 362 g/mol. The summed E-state index contributed by atoms with van der Waals surface area (Å²) in [6, 6.07) is -0.917. The van der Waals surface area contributed by atoms with Crippen LogP contribution in [0.1, 0.15) is 39.5 Å². The lowest BCUT2D eigenvalue weighted by molar-refractivity contribution is -0.270. The van der Waals surface area contributed by atoms with Gasteiger partial charge in [0.05, 0.1) is 6.61 Å². The first-order chi connectivity index (χ1) is 11.9. The van der Waals surface area contributed by atoms with Gasteiger partial charge in [0.25, 0.3) is 0 Å². The number of carbonyl (C=O) groups is 2. The highest BCUT2D eigenvalue weighted by Gasteiger charge is 2.45. The molecule has 0 saturated carbocycles. The first-order valence-electron chi connectivity index (χ1n) is 8.68. The summed E-state index contributed by atoms with van der Waals surface area (Å²) in [5.41, 5.74) is 0. The number of rotatable bonds is 10. The van der Waals surface area contributed by atoms with Crippen LogP contribution in [0.2, 0.25) is 0 Å². The number of unbranched alkanes of at least 4 members (excludes halogenated alkanes) is 2. The van der Waals surface area contributed by atoms with Crippen molar-refractivity contribution in [3.63, 3.8) is 0 Å². The Hall–Kier alpha value is -1.26. The van der Waals surface area contributed by atoms with Gasteiger partial charge in [-0.25, -0.2) is 0 Å². The van der Waals surface area contributed by atoms with Crippen LogP contribution in [0.25, 0.3) is 0 Å². The van der Waals surface area contributed by atoms with E-state index in [2.05, 4.69) is 10.6 Å². The van der Waals surface area contributed by atoms with E-state index in [1.807, 2.05) is 0 Å². The van der Waals surface area contributed by atoms with Crippen LogP contribution in [0.4, 0.5) is 0 Å². The molecule has 1 heterocycles. The molecule has 1 saturated heterocycles. The number of carbonyl (C=O) groups excluding carboxylic acids is 2. The van der Waals surface area contributed by atoms with E-state index in [9.17, 15) is 24.9 Å². The number of hydrogen-bond acceptors (Lipinski definition) is 7. The standard InChI is InChI=1S/C16H30N2O7/c1-3-12(21)17-7-5-4-6-8-24-16-13(18-10(2)20)15(23)14(22)11(9-19)25-16/h11,13-16,19,22-23H,3-9H2,1-2H3,(H,17,21)(H,18,20)/t11-,13-,14+,15-,16-/m1/s1. The predicted octanol–water partition coefficient (Wildman–Crippen LogP) is -1.36. The van der Waals surface area contributed by atoms with Gasteiger partial charge in [0, 0.05) is 26.5 Å². The number of aliphatic hydroxyl groups is 3. The third-order valence-corrected chi connectivity index (χ3v) is 4.00. The Morgan fingerprint density at radius 3 is 2.48 bits per heavy atom. The number of aliphatic hydroxyl groups excluding tert-OH is 3. The van der Waals surface area contributed by atoms with Gasteiger partial charge in [0.2, 0.25) is 11.8 Å². The topological polar surface area (TPSA) is 137 Å². The van der Waals surface area contributed by atoms with E-state index in [4.69, 9.17) is 9.47 Å². The third-order valence-electron chi connectivity index (χ3n) is 4.00. The molecule has 0 aromatic heterocycles. The van der Waals surface area contributed by atoms with Crippen molar-refractivity contribution in [3.8, 4) is 0 Å². The second kappa shape index (κ2) is 11.4. The zero-order chi connectivity index (χ0) is 18.8. The summed E-state index contributed by atoms with van der Waals surface area (Å²) in [5.74, 6) is -0.366. The largest absolute Gasteiger partial charge is 0.394 e. The normalized spacial score (nSPS) is 29.2. The fourth-order valence-corrected chi connectivity index (χ4v) is 2.57. The smallest absolute Gasteiger partial charge is 0.219 e. The quantitative estimate of drug-likeness (QED) is 0.303. The van der Waals surface area contributed by atoms with Crippen molar-refractivity contribution in [1.29, 1.82) is 0 Å². The Labute approximate surface area is 147 Å². The molecule has 2 amide bonds. The van der Waals surface area contributed by atoms with Gasteiger partial charge in [-0.05, 0) is 19.3 Å². The van der Waals surface area contributed by atoms with Crippen LogP contribution in [-0.4, -0.2) is 77.5 Å². The van der Waals surface area contributed by atoms with Crippen molar-refractivity contribution >= 4 is 11.8 Å². The maximum Gasteiger partial charge on any atom is 0.219 e. The summed E-state index contributed by atoms with van der Waals surface area (Å²) in [7, 11) is 0. The van der Waals surface area contributed by atoms with E-state index in [-0.39, 0.29) is 11.8 Å². The maximum absolute atomic E-state index is 11.3. The highest BCUT2D eigenvalue weighted by atomic mass is 16.7. The van der Waals surface area contributed by atoms with E-state index in [0.29, 0.717) is 26.0 Å². The van der Waals surface area contributed by atoms with Crippen molar-refractivity contribution in [2.45, 2.75) is 70.2 Å². The third kappa shape index (κ3) is 7.25. The molecule has 5 N–H and O–H groups in total. The van der Waals surface area contributed by atoms with Crippen molar-refractivity contribution < 1.29 is 34.4 Å². The zero-order valence-electron chi connectivity index (χ0n) is 14.8. The molecular formula is C16H30N2O7. The number of hydrogen-bond donors (Lipinski definition) is 5. The van der Waals surface area contributed by atoms with Crippen LogP contribution < -0.4 is 10.6 Å². The van der Waals surface area contributed by atoms with E-state index in [1.54, 1.807) is 6.92 Å². The van der Waals surface area contributed by atoms with Gasteiger partial charge in [-0.2, -0.15) is 0 Å². The van der Waals surface area contributed by atoms with E-state index >= 15 is 0 Å². The lowest BCUT2D eigenvalue weighted by atomic mass is 9.97. The molecule has 0 bridgehead atoms. The summed E-state index contributed by atoms with van der Waals surface area (Å²) >= 11 is 0. The second-order valence-electron chi connectivity index (χ2n) is 6.07. The van der Waals surface area contributed by atoms with Crippen LogP contribution in [0, 0.1) is 0 Å². The monoisotopic (exact) mass is 362 g/mol. The Balaban J connectivity index is 2.39. The second-order valence-corrected chi connectivity index (χ2v) is 6.07. The minimum Gasteiger partial charge on any atom is -0.394 e. The number of ether oxygens (including phenoxy) is 2. The molecule has 9 nitrogen and oxygen atoms in total. The van der Waals surface area contributed by atoms with Crippen molar-refractivity contribution in [3.05, 3.63) is 0 Å². The lowest BCUT2D eigenvalue weighted by Crippen LogP contribution is -2.64.